The molecule has 0 saturated carbocycles. The van der Waals surface area contributed by atoms with Crippen LogP contribution in [0.4, 0.5) is 0 Å². The standard InChI is InChI=1S/C23H16O4/c1-26-23(25)21-19(24)14-20(27-22(21)16-9-3-2-4-10-16)18-13-7-11-15-8-5-6-12-17(15)18/h2-14H,1H3. The van der Waals surface area contributed by atoms with Gasteiger partial charge in [-0.25, -0.2) is 4.79 Å². The lowest BCUT2D eigenvalue weighted by Crippen LogP contribution is -2.17. The van der Waals surface area contributed by atoms with Crippen LogP contribution in [-0.4, -0.2) is 13.1 Å². The molecule has 0 amide bonds. The van der Waals surface area contributed by atoms with Gasteiger partial charge in [-0.3, -0.25) is 4.79 Å². The van der Waals surface area contributed by atoms with Gasteiger partial charge in [0.15, 0.2) is 11.3 Å². The normalized spacial score (nSPS) is 10.7. The molecule has 1 aromatic heterocycles. The minimum absolute atomic E-state index is 0.104. The Morgan fingerprint density at radius 1 is 0.889 bits per heavy atom. The van der Waals surface area contributed by atoms with Gasteiger partial charge in [0.25, 0.3) is 0 Å². The van der Waals surface area contributed by atoms with E-state index in [0.29, 0.717) is 11.3 Å². The van der Waals surface area contributed by atoms with Crippen LogP contribution >= 0.6 is 0 Å². The van der Waals surface area contributed by atoms with Crippen LogP contribution in [0.5, 0.6) is 0 Å². The Kier molecular flexibility index (Phi) is 4.30. The SMILES string of the molecule is COC(=O)c1c(-c2ccccc2)oc(-c2cccc3ccccc23)cc1=O. The van der Waals surface area contributed by atoms with Crippen LogP contribution in [-0.2, 0) is 4.74 Å². The van der Waals surface area contributed by atoms with Crippen LogP contribution in [0.25, 0.3) is 33.4 Å². The Bertz CT molecular complexity index is 1180. The molecule has 0 N–H and O–H groups in total. The molecule has 0 atom stereocenters. The van der Waals surface area contributed by atoms with E-state index >= 15 is 0 Å². The highest BCUT2D eigenvalue weighted by molar-refractivity contribution is 5.98. The van der Waals surface area contributed by atoms with Gasteiger partial charge in [0, 0.05) is 17.2 Å². The third kappa shape index (κ3) is 3.02. The van der Waals surface area contributed by atoms with Crippen LogP contribution in [0, 0.1) is 0 Å². The maximum atomic E-state index is 12.8. The van der Waals surface area contributed by atoms with Gasteiger partial charge in [-0.2, -0.15) is 0 Å². The molecule has 0 aliphatic heterocycles. The van der Waals surface area contributed by atoms with Crippen molar-refractivity contribution in [3.8, 4) is 22.6 Å². The average molecular weight is 356 g/mol. The number of carbonyl (C=O) groups excluding carboxylic acids is 1. The van der Waals surface area contributed by atoms with E-state index in [-0.39, 0.29) is 11.3 Å². The van der Waals surface area contributed by atoms with Crippen LogP contribution < -0.4 is 5.43 Å². The summed E-state index contributed by atoms with van der Waals surface area (Å²) in [5.41, 5.74) is 0.887. The quantitative estimate of drug-likeness (QED) is 0.489. The molecule has 0 spiro atoms. The fourth-order valence-corrected chi connectivity index (χ4v) is 3.15. The minimum Gasteiger partial charge on any atom is -0.465 e. The summed E-state index contributed by atoms with van der Waals surface area (Å²) in [6.07, 6.45) is 0. The largest absolute Gasteiger partial charge is 0.465 e. The van der Waals surface area contributed by atoms with Crippen LogP contribution in [0.15, 0.2) is 88.1 Å². The van der Waals surface area contributed by atoms with Crippen molar-refractivity contribution in [2.45, 2.75) is 0 Å². The maximum absolute atomic E-state index is 12.8. The number of hydrogen-bond donors (Lipinski definition) is 0. The highest BCUT2D eigenvalue weighted by Crippen LogP contribution is 2.32. The van der Waals surface area contributed by atoms with Gasteiger partial charge in [-0.1, -0.05) is 72.8 Å². The Labute approximate surface area is 155 Å². The van der Waals surface area contributed by atoms with Gasteiger partial charge in [0.2, 0.25) is 5.43 Å². The van der Waals surface area contributed by atoms with Crippen molar-refractivity contribution in [1.82, 2.24) is 0 Å². The summed E-state index contributed by atoms with van der Waals surface area (Å²) < 4.78 is 10.9. The molecule has 3 aromatic carbocycles. The van der Waals surface area contributed by atoms with E-state index in [1.807, 2.05) is 60.7 Å². The summed E-state index contributed by atoms with van der Waals surface area (Å²) in [5.74, 6) is -0.103. The zero-order valence-electron chi connectivity index (χ0n) is 14.6. The third-order valence-electron chi connectivity index (χ3n) is 4.43. The van der Waals surface area contributed by atoms with Crippen molar-refractivity contribution >= 4 is 16.7 Å². The molecular formula is C23H16O4. The lowest BCUT2D eigenvalue weighted by atomic mass is 10.0. The van der Waals surface area contributed by atoms with Gasteiger partial charge < -0.3 is 9.15 Å². The highest BCUT2D eigenvalue weighted by Gasteiger charge is 2.22. The summed E-state index contributed by atoms with van der Waals surface area (Å²) in [4.78, 5) is 25.0. The van der Waals surface area contributed by atoms with Crippen molar-refractivity contribution in [2.75, 3.05) is 7.11 Å². The van der Waals surface area contributed by atoms with E-state index in [9.17, 15) is 9.59 Å². The summed E-state index contributed by atoms with van der Waals surface area (Å²) in [6, 6.07) is 24.1. The number of benzene rings is 3. The van der Waals surface area contributed by atoms with Crippen molar-refractivity contribution in [3.63, 3.8) is 0 Å². The summed E-state index contributed by atoms with van der Waals surface area (Å²) in [7, 11) is 1.25. The van der Waals surface area contributed by atoms with Crippen LogP contribution in [0.3, 0.4) is 0 Å². The monoisotopic (exact) mass is 356 g/mol. The second-order valence-electron chi connectivity index (χ2n) is 6.06. The Balaban J connectivity index is 2.02. The summed E-state index contributed by atoms with van der Waals surface area (Å²) in [6.45, 7) is 0. The number of esters is 1. The van der Waals surface area contributed by atoms with Crippen molar-refractivity contribution < 1.29 is 13.9 Å². The molecule has 1 heterocycles. The molecule has 0 aliphatic carbocycles. The second-order valence-corrected chi connectivity index (χ2v) is 6.06. The molecule has 4 rings (SSSR count). The molecule has 4 nitrogen and oxygen atoms in total. The molecule has 0 bridgehead atoms. The predicted molar refractivity (Wildman–Crippen MR) is 105 cm³/mol. The fraction of sp³-hybridized carbons (Fsp3) is 0.0435. The number of fused-ring (bicyclic) bond motifs is 1. The van der Waals surface area contributed by atoms with E-state index in [0.717, 1.165) is 16.3 Å². The second kappa shape index (κ2) is 6.92. The Morgan fingerprint density at radius 3 is 2.37 bits per heavy atom. The van der Waals surface area contributed by atoms with E-state index in [2.05, 4.69) is 0 Å². The molecule has 0 radical (unpaired) electrons. The number of ether oxygens (including phenoxy) is 1. The number of methoxy groups -OCH3 is 1. The molecule has 4 heteroatoms. The first-order valence-electron chi connectivity index (χ1n) is 8.49. The van der Waals surface area contributed by atoms with E-state index in [1.54, 1.807) is 12.1 Å². The maximum Gasteiger partial charge on any atom is 0.345 e. The molecule has 27 heavy (non-hydrogen) atoms. The fourth-order valence-electron chi connectivity index (χ4n) is 3.15. The van der Waals surface area contributed by atoms with E-state index in [4.69, 9.17) is 9.15 Å². The zero-order chi connectivity index (χ0) is 18.8. The van der Waals surface area contributed by atoms with Gasteiger partial charge in [-0.05, 0) is 10.8 Å². The lowest BCUT2D eigenvalue weighted by Gasteiger charge is -2.11. The zero-order valence-corrected chi connectivity index (χ0v) is 14.6. The first-order chi connectivity index (χ1) is 13.2. The molecular weight excluding hydrogens is 340 g/mol. The van der Waals surface area contributed by atoms with Crippen LogP contribution in [0.1, 0.15) is 10.4 Å². The van der Waals surface area contributed by atoms with Crippen LogP contribution in [0.2, 0.25) is 0 Å². The first kappa shape index (κ1) is 16.8. The lowest BCUT2D eigenvalue weighted by molar-refractivity contribution is 0.0598. The highest BCUT2D eigenvalue weighted by atomic mass is 16.5. The molecule has 0 unspecified atom stereocenters. The Hall–Kier alpha value is -3.66. The minimum atomic E-state index is -0.716. The molecule has 0 saturated heterocycles. The number of hydrogen-bond acceptors (Lipinski definition) is 4. The van der Waals surface area contributed by atoms with Gasteiger partial charge in [0.1, 0.15) is 5.76 Å². The third-order valence-corrected chi connectivity index (χ3v) is 4.43. The van der Waals surface area contributed by atoms with E-state index in [1.165, 1.54) is 13.2 Å². The molecule has 4 aromatic rings. The first-order valence-corrected chi connectivity index (χ1v) is 8.49. The topological polar surface area (TPSA) is 56.5 Å². The van der Waals surface area contributed by atoms with Gasteiger partial charge in [0.05, 0.1) is 7.11 Å². The average Bonchev–Trinajstić information content (AvgIpc) is 2.73. The van der Waals surface area contributed by atoms with E-state index < -0.39 is 11.4 Å². The summed E-state index contributed by atoms with van der Waals surface area (Å²) in [5, 5.41) is 2.00. The number of carbonyl (C=O) groups is 1. The van der Waals surface area contributed by atoms with Gasteiger partial charge in [-0.15, -0.1) is 0 Å². The molecule has 0 fully saturated rings. The number of rotatable bonds is 3. The predicted octanol–water partition coefficient (Wildman–Crippen LogP) is 4.91. The van der Waals surface area contributed by atoms with Gasteiger partial charge >= 0.3 is 5.97 Å². The van der Waals surface area contributed by atoms with Crippen molar-refractivity contribution in [3.05, 3.63) is 94.6 Å². The smallest absolute Gasteiger partial charge is 0.345 e. The van der Waals surface area contributed by atoms with Crippen molar-refractivity contribution in [1.29, 1.82) is 0 Å². The van der Waals surface area contributed by atoms with Crippen molar-refractivity contribution in [2.24, 2.45) is 0 Å². The molecule has 0 aliphatic rings. The molecule has 132 valence electrons. The Morgan fingerprint density at radius 2 is 1.59 bits per heavy atom. The summed E-state index contributed by atoms with van der Waals surface area (Å²) >= 11 is 0.